The molecule has 2 unspecified atom stereocenters. The second kappa shape index (κ2) is 5.87. The topological polar surface area (TPSA) is 21.3 Å². The lowest BCUT2D eigenvalue weighted by atomic mass is 9.70. The minimum absolute atomic E-state index is 0.322. The zero-order valence-electron chi connectivity index (χ0n) is 12.8. The van der Waals surface area contributed by atoms with Gasteiger partial charge in [-0.05, 0) is 48.6 Å². The van der Waals surface area contributed by atoms with E-state index in [0.717, 1.165) is 13.2 Å². The van der Waals surface area contributed by atoms with Gasteiger partial charge in [0.1, 0.15) is 0 Å². The molecule has 0 spiro atoms. The van der Waals surface area contributed by atoms with E-state index in [1.165, 1.54) is 43.2 Å². The average molecular weight is 273 g/mol. The van der Waals surface area contributed by atoms with Crippen LogP contribution in [0.25, 0.3) is 0 Å². The molecule has 20 heavy (non-hydrogen) atoms. The van der Waals surface area contributed by atoms with Gasteiger partial charge >= 0.3 is 0 Å². The molecule has 0 saturated carbocycles. The summed E-state index contributed by atoms with van der Waals surface area (Å²) in [5.41, 5.74) is 3.34. The Balaban J connectivity index is 1.72. The first-order chi connectivity index (χ1) is 9.67. The molecule has 0 aromatic heterocycles. The molecule has 3 rings (SSSR count). The summed E-state index contributed by atoms with van der Waals surface area (Å²) >= 11 is 0. The van der Waals surface area contributed by atoms with E-state index in [9.17, 15) is 0 Å². The summed E-state index contributed by atoms with van der Waals surface area (Å²) in [4.78, 5) is 0. The number of nitrogens with one attached hydrogen (secondary N) is 1. The Morgan fingerprint density at radius 1 is 1.25 bits per heavy atom. The molecule has 0 bridgehead atoms. The smallest absolute Gasteiger partial charge is 0.0699 e. The molecule has 2 aliphatic rings. The zero-order valence-corrected chi connectivity index (χ0v) is 12.8. The van der Waals surface area contributed by atoms with Crippen molar-refractivity contribution in [2.75, 3.05) is 13.2 Å². The maximum Gasteiger partial charge on any atom is 0.0699 e. The van der Waals surface area contributed by atoms with Crippen molar-refractivity contribution in [2.45, 2.75) is 58.1 Å². The van der Waals surface area contributed by atoms with Crippen LogP contribution >= 0.6 is 0 Å². The van der Waals surface area contributed by atoms with Gasteiger partial charge in [-0.15, -0.1) is 0 Å². The lowest BCUT2D eigenvalue weighted by molar-refractivity contribution is 0.0117. The Morgan fingerprint density at radius 2 is 2.10 bits per heavy atom. The zero-order chi connectivity index (χ0) is 14.0. The van der Waals surface area contributed by atoms with Gasteiger partial charge in [0.15, 0.2) is 0 Å². The maximum atomic E-state index is 5.86. The summed E-state index contributed by atoms with van der Waals surface area (Å²) in [5.74, 6) is 0. The summed E-state index contributed by atoms with van der Waals surface area (Å²) in [7, 11) is 0. The molecule has 2 nitrogen and oxygen atoms in total. The minimum atomic E-state index is 0.322. The minimum Gasteiger partial charge on any atom is -0.377 e. The van der Waals surface area contributed by atoms with E-state index in [2.05, 4.69) is 43.4 Å². The Kier molecular flexibility index (Phi) is 4.13. The first-order valence-electron chi connectivity index (χ1n) is 8.09. The van der Waals surface area contributed by atoms with Crippen molar-refractivity contribution in [2.24, 2.45) is 5.41 Å². The van der Waals surface area contributed by atoms with Gasteiger partial charge in [-0.2, -0.15) is 0 Å². The molecule has 0 amide bonds. The molecule has 1 N–H and O–H groups in total. The fraction of sp³-hybridized carbons (Fsp3) is 0.667. The van der Waals surface area contributed by atoms with E-state index < -0.39 is 0 Å². The van der Waals surface area contributed by atoms with Gasteiger partial charge in [0.2, 0.25) is 0 Å². The second-order valence-corrected chi connectivity index (χ2v) is 7.02. The number of hydrogen-bond donors (Lipinski definition) is 1. The summed E-state index contributed by atoms with van der Waals surface area (Å²) < 4.78 is 5.86. The Labute approximate surface area is 122 Å². The van der Waals surface area contributed by atoms with Gasteiger partial charge in [-0.1, -0.05) is 38.1 Å². The van der Waals surface area contributed by atoms with E-state index in [1.807, 2.05) is 0 Å². The van der Waals surface area contributed by atoms with E-state index in [4.69, 9.17) is 4.74 Å². The van der Waals surface area contributed by atoms with Crippen molar-refractivity contribution < 1.29 is 4.74 Å². The van der Waals surface area contributed by atoms with Crippen molar-refractivity contribution in [3.05, 3.63) is 35.4 Å². The fourth-order valence-electron chi connectivity index (χ4n) is 3.67. The molecule has 1 fully saturated rings. The van der Waals surface area contributed by atoms with Crippen LogP contribution in [-0.4, -0.2) is 19.3 Å². The average Bonchev–Trinajstić information content (AvgIpc) is 2.47. The van der Waals surface area contributed by atoms with Crippen LogP contribution in [-0.2, 0) is 11.2 Å². The number of fused-ring (bicyclic) bond motifs is 1. The molecule has 1 saturated heterocycles. The number of aryl methyl sites for hydroxylation is 1. The van der Waals surface area contributed by atoms with Gasteiger partial charge in [-0.3, -0.25) is 0 Å². The number of ether oxygens (including phenoxy) is 1. The third kappa shape index (κ3) is 2.91. The molecule has 2 atom stereocenters. The number of hydrogen-bond acceptors (Lipinski definition) is 2. The van der Waals surface area contributed by atoms with Crippen LogP contribution in [0, 0.1) is 5.41 Å². The SMILES string of the molecule is CC1(C)CCc2ccccc2C1NCC1CCCCO1. The third-order valence-corrected chi connectivity index (χ3v) is 5.01. The van der Waals surface area contributed by atoms with Crippen LogP contribution in [0.1, 0.15) is 56.7 Å². The van der Waals surface area contributed by atoms with Gasteiger partial charge in [0, 0.05) is 19.2 Å². The fourth-order valence-corrected chi connectivity index (χ4v) is 3.67. The molecule has 1 heterocycles. The summed E-state index contributed by atoms with van der Waals surface area (Å²) in [6.07, 6.45) is 6.63. The lowest BCUT2D eigenvalue weighted by Crippen LogP contribution is -2.42. The van der Waals surface area contributed by atoms with Crippen LogP contribution < -0.4 is 5.32 Å². The van der Waals surface area contributed by atoms with Crippen molar-refractivity contribution in [3.63, 3.8) is 0 Å². The Hall–Kier alpha value is -0.860. The van der Waals surface area contributed by atoms with Crippen molar-refractivity contribution in [1.29, 1.82) is 0 Å². The molecule has 1 aromatic rings. The monoisotopic (exact) mass is 273 g/mol. The van der Waals surface area contributed by atoms with E-state index in [-0.39, 0.29) is 0 Å². The van der Waals surface area contributed by atoms with Gasteiger partial charge in [0.05, 0.1) is 6.10 Å². The molecule has 1 aliphatic carbocycles. The molecule has 1 aromatic carbocycles. The first-order valence-corrected chi connectivity index (χ1v) is 8.09. The maximum absolute atomic E-state index is 5.86. The van der Waals surface area contributed by atoms with Crippen LogP contribution in [0.2, 0.25) is 0 Å². The van der Waals surface area contributed by atoms with Gasteiger partial charge in [0.25, 0.3) is 0 Å². The highest BCUT2D eigenvalue weighted by Crippen LogP contribution is 2.43. The van der Waals surface area contributed by atoms with E-state index >= 15 is 0 Å². The van der Waals surface area contributed by atoms with E-state index in [1.54, 1.807) is 0 Å². The van der Waals surface area contributed by atoms with Crippen LogP contribution in [0.4, 0.5) is 0 Å². The highest BCUT2D eigenvalue weighted by Gasteiger charge is 2.35. The number of rotatable bonds is 3. The molecule has 110 valence electrons. The third-order valence-electron chi connectivity index (χ3n) is 5.01. The number of benzene rings is 1. The standard InChI is InChI=1S/C18H27NO/c1-18(2)11-10-14-7-3-4-9-16(14)17(18)19-13-15-8-5-6-12-20-15/h3-4,7,9,15,17,19H,5-6,8,10-13H2,1-2H3. The molecule has 0 radical (unpaired) electrons. The molecule has 1 aliphatic heterocycles. The quantitative estimate of drug-likeness (QED) is 0.903. The molecule has 2 heteroatoms. The van der Waals surface area contributed by atoms with Crippen LogP contribution in [0.15, 0.2) is 24.3 Å². The van der Waals surface area contributed by atoms with Crippen molar-refractivity contribution in [1.82, 2.24) is 5.32 Å². The largest absolute Gasteiger partial charge is 0.377 e. The predicted molar refractivity (Wildman–Crippen MR) is 82.9 cm³/mol. The Bertz CT molecular complexity index is 448. The summed E-state index contributed by atoms with van der Waals surface area (Å²) in [6, 6.07) is 9.38. The van der Waals surface area contributed by atoms with Crippen molar-refractivity contribution >= 4 is 0 Å². The van der Waals surface area contributed by atoms with Crippen LogP contribution in [0.3, 0.4) is 0 Å². The second-order valence-electron chi connectivity index (χ2n) is 7.02. The van der Waals surface area contributed by atoms with Gasteiger partial charge < -0.3 is 10.1 Å². The highest BCUT2D eigenvalue weighted by atomic mass is 16.5. The normalized spacial score (nSPS) is 28.9. The summed E-state index contributed by atoms with van der Waals surface area (Å²) in [5, 5.41) is 3.81. The Morgan fingerprint density at radius 3 is 2.90 bits per heavy atom. The predicted octanol–water partition coefficient (Wildman–Crippen LogP) is 3.86. The summed E-state index contributed by atoms with van der Waals surface area (Å²) in [6.45, 7) is 6.71. The highest BCUT2D eigenvalue weighted by molar-refractivity contribution is 5.34. The lowest BCUT2D eigenvalue weighted by Gasteiger charge is -2.41. The first kappa shape index (κ1) is 14.1. The van der Waals surface area contributed by atoms with Crippen LogP contribution in [0.5, 0.6) is 0 Å². The van der Waals surface area contributed by atoms with Gasteiger partial charge in [-0.25, -0.2) is 0 Å². The molecular formula is C18H27NO. The van der Waals surface area contributed by atoms with Crippen molar-refractivity contribution in [3.8, 4) is 0 Å². The molecular weight excluding hydrogens is 246 g/mol. The van der Waals surface area contributed by atoms with E-state index in [0.29, 0.717) is 17.6 Å².